The van der Waals surface area contributed by atoms with Gasteiger partial charge in [0.2, 0.25) is 0 Å². The molecule has 0 spiro atoms. The minimum absolute atomic E-state index is 0.131. The first-order chi connectivity index (χ1) is 20.4. The summed E-state index contributed by atoms with van der Waals surface area (Å²) in [5, 5.41) is 10.7. The van der Waals surface area contributed by atoms with Gasteiger partial charge in [-0.05, 0) is 73.5 Å². The number of hydrogen-bond acceptors (Lipinski definition) is 9. The lowest BCUT2D eigenvalue weighted by Gasteiger charge is -2.36. The number of nitro benzene ring substituents is 1. The number of anilines is 5. The Morgan fingerprint density at radius 1 is 0.595 bits per heavy atom. The zero-order valence-corrected chi connectivity index (χ0v) is 24.3. The van der Waals surface area contributed by atoms with Crippen LogP contribution >= 0.6 is 0 Å². The number of pyridine rings is 2. The Kier molecular flexibility index (Phi) is 9.01. The van der Waals surface area contributed by atoms with Gasteiger partial charge in [-0.15, -0.1) is 0 Å². The zero-order chi connectivity index (χ0) is 29.5. The van der Waals surface area contributed by atoms with Crippen LogP contribution in [0.5, 0.6) is 0 Å². The summed E-state index contributed by atoms with van der Waals surface area (Å²) in [6.45, 7) is 11.7. The molecule has 0 aliphatic carbocycles. The van der Waals surface area contributed by atoms with E-state index >= 15 is 0 Å². The van der Waals surface area contributed by atoms with Crippen LogP contribution in [0.4, 0.5) is 34.4 Å². The van der Waals surface area contributed by atoms with Crippen molar-refractivity contribution in [2.45, 2.75) is 13.8 Å². The average Bonchev–Trinajstić information content (AvgIpc) is 3.03. The van der Waals surface area contributed by atoms with E-state index in [-0.39, 0.29) is 10.6 Å². The molecule has 0 radical (unpaired) electrons. The Balaban J connectivity index is 0.000000169. The second kappa shape index (κ2) is 13.2. The minimum Gasteiger partial charge on any atom is -0.399 e. The third-order valence-electron chi connectivity index (χ3n) is 7.68. The Morgan fingerprint density at radius 3 is 1.33 bits per heavy atom. The molecule has 2 aliphatic rings. The summed E-state index contributed by atoms with van der Waals surface area (Å²) < 4.78 is 0. The molecule has 2 aromatic carbocycles. The van der Waals surface area contributed by atoms with Gasteiger partial charge in [0, 0.05) is 93.9 Å². The van der Waals surface area contributed by atoms with Gasteiger partial charge >= 0.3 is 0 Å². The molecule has 6 rings (SSSR count). The highest BCUT2D eigenvalue weighted by atomic mass is 16.6. The number of nitrogens with two attached hydrogens (primary N) is 1. The van der Waals surface area contributed by atoms with Crippen molar-refractivity contribution in [2.75, 3.05) is 77.7 Å². The molecule has 4 aromatic rings. The monoisotopic (exact) mass is 566 g/mol. The van der Waals surface area contributed by atoms with E-state index in [1.54, 1.807) is 12.1 Å². The van der Waals surface area contributed by atoms with E-state index in [1.165, 1.54) is 11.3 Å². The molecule has 0 bridgehead atoms. The number of hydrogen-bond donors (Lipinski definition) is 1. The Bertz CT molecular complexity index is 1370. The van der Waals surface area contributed by atoms with Crippen LogP contribution in [0.25, 0.3) is 0 Å². The molecule has 2 fully saturated rings. The summed E-state index contributed by atoms with van der Waals surface area (Å²) in [6, 6.07) is 23.2. The fourth-order valence-electron chi connectivity index (χ4n) is 5.15. The molecule has 10 heteroatoms. The maximum Gasteiger partial charge on any atom is 0.269 e. The van der Waals surface area contributed by atoms with Crippen LogP contribution in [0, 0.1) is 24.0 Å². The highest BCUT2D eigenvalue weighted by molar-refractivity contribution is 5.55. The van der Waals surface area contributed by atoms with E-state index in [0.29, 0.717) is 0 Å². The summed E-state index contributed by atoms with van der Waals surface area (Å²) in [4.78, 5) is 28.5. The SMILES string of the molecule is Cc1ccc(N2CCN(c3ccc(N)cc3)CC2)nc1.Cc1ccc(N2CCN(c3ccc([N+](=O)[O-])cc3)CC2)nc1. The smallest absolute Gasteiger partial charge is 0.269 e. The normalized spacial score (nSPS) is 15.2. The number of nitrogens with zero attached hydrogens (tertiary/aromatic N) is 7. The van der Waals surface area contributed by atoms with Crippen molar-refractivity contribution >= 4 is 34.4 Å². The van der Waals surface area contributed by atoms with Crippen LogP contribution in [0.2, 0.25) is 0 Å². The molecule has 2 aliphatic heterocycles. The van der Waals surface area contributed by atoms with Crippen LogP contribution in [0.1, 0.15) is 11.1 Å². The lowest BCUT2D eigenvalue weighted by molar-refractivity contribution is -0.384. The number of nitro groups is 1. The fourth-order valence-corrected chi connectivity index (χ4v) is 5.15. The number of benzene rings is 2. The van der Waals surface area contributed by atoms with Crippen molar-refractivity contribution in [3.63, 3.8) is 0 Å². The lowest BCUT2D eigenvalue weighted by atomic mass is 10.2. The van der Waals surface area contributed by atoms with Gasteiger partial charge in [-0.3, -0.25) is 10.1 Å². The van der Waals surface area contributed by atoms with E-state index in [9.17, 15) is 10.1 Å². The van der Waals surface area contributed by atoms with Crippen molar-refractivity contribution in [1.82, 2.24) is 9.97 Å². The molecule has 10 nitrogen and oxygen atoms in total. The van der Waals surface area contributed by atoms with Crippen LogP contribution < -0.4 is 25.3 Å². The van der Waals surface area contributed by atoms with Gasteiger partial charge in [0.05, 0.1) is 4.92 Å². The summed E-state index contributed by atoms with van der Waals surface area (Å²) >= 11 is 0. The van der Waals surface area contributed by atoms with E-state index in [1.807, 2.05) is 43.6 Å². The summed E-state index contributed by atoms with van der Waals surface area (Å²) in [5.74, 6) is 2.08. The van der Waals surface area contributed by atoms with Crippen LogP contribution in [-0.4, -0.2) is 67.2 Å². The molecule has 2 saturated heterocycles. The van der Waals surface area contributed by atoms with Crippen molar-refractivity contribution in [1.29, 1.82) is 0 Å². The first kappa shape index (κ1) is 28.7. The number of piperazine rings is 2. The van der Waals surface area contributed by atoms with Crippen molar-refractivity contribution in [2.24, 2.45) is 0 Å². The number of rotatable bonds is 5. The van der Waals surface area contributed by atoms with E-state index < -0.39 is 0 Å². The predicted octanol–water partition coefficient (Wildman–Crippen LogP) is 4.92. The first-order valence-electron chi connectivity index (χ1n) is 14.3. The maximum absolute atomic E-state index is 10.7. The molecular weight excluding hydrogens is 528 g/mol. The van der Waals surface area contributed by atoms with Crippen molar-refractivity contribution in [3.8, 4) is 0 Å². The van der Waals surface area contributed by atoms with Crippen LogP contribution in [0.3, 0.4) is 0 Å². The minimum atomic E-state index is -0.370. The highest BCUT2D eigenvalue weighted by Crippen LogP contribution is 2.23. The number of aromatic nitrogens is 2. The highest BCUT2D eigenvalue weighted by Gasteiger charge is 2.19. The van der Waals surface area contributed by atoms with Gasteiger partial charge < -0.3 is 25.3 Å². The molecule has 4 heterocycles. The molecule has 0 amide bonds. The summed E-state index contributed by atoms with van der Waals surface area (Å²) in [5.41, 5.74) is 11.3. The third kappa shape index (κ3) is 7.25. The van der Waals surface area contributed by atoms with Crippen LogP contribution in [0.15, 0.2) is 85.2 Å². The average molecular weight is 567 g/mol. The molecule has 0 unspecified atom stereocenters. The second-order valence-electron chi connectivity index (χ2n) is 10.7. The van der Waals surface area contributed by atoms with E-state index in [4.69, 9.17) is 5.73 Å². The van der Waals surface area contributed by atoms with Crippen molar-refractivity contribution < 1.29 is 4.92 Å². The molecule has 42 heavy (non-hydrogen) atoms. The van der Waals surface area contributed by atoms with E-state index in [2.05, 4.69) is 72.9 Å². The second-order valence-corrected chi connectivity index (χ2v) is 10.7. The largest absolute Gasteiger partial charge is 0.399 e. The third-order valence-corrected chi connectivity index (χ3v) is 7.68. The molecule has 0 atom stereocenters. The number of nitrogen functional groups attached to an aromatic ring is 1. The first-order valence-corrected chi connectivity index (χ1v) is 14.3. The van der Waals surface area contributed by atoms with E-state index in [0.717, 1.165) is 80.9 Å². The van der Waals surface area contributed by atoms with Gasteiger partial charge in [-0.1, -0.05) is 12.1 Å². The predicted molar refractivity (Wildman–Crippen MR) is 171 cm³/mol. The van der Waals surface area contributed by atoms with Gasteiger partial charge in [-0.2, -0.15) is 0 Å². The topological polar surface area (TPSA) is 108 Å². The standard InChI is InChI=1S/C16H18N4O2.C16H20N4/c1-13-2-7-16(17-12-13)19-10-8-18(9-11-19)14-3-5-15(6-4-14)20(21)22;1-13-2-7-16(18-12-13)20-10-8-19(9-11-20)15-5-3-14(17)4-6-15/h2-7,12H,8-11H2,1H3;2-7,12H,8-11,17H2,1H3. The number of non-ortho nitro benzene ring substituents is 1. The number of aryl methyl sites for hydroxylation is 2. The van der Waals surface area contributed by atoms with Gasteiger partial charge in [0.25, 0.3) is 5.69 Å². The fraction of sp³-hybridized carbons (Fsp3) is 0.312. The van der Waals surface area contributed by atoms with Crippen LogP contribution in [-0.2, 0) is 0 Å². The molecule has 0 saturated carbocycles. The quantitative estimate of drug-likeness (QED) is 0.204. The van der Waals surface area contributed by atoms with Gasteiger partial charge in [0.15, 0.2) is 0 Å². The van der Waals surface area contributed by atoms with Gasteiger partial charge in [0.1, 0.15) is 11.6 Å². The molecular formula is C32H38N8O2. The molecule has 2 N–H and O–H groups in total. The molecule has 2 aromatic heterocycles. The maximum atomic E-state index is 10.7. The van der Waals surface area contributed by atoms with Crippen molar-refractivity contribution in [3.05, 3.63) is 106 Å². The summed E-state index contributed by atoms with van der Waals surface area (Å²) in [6.07, 6.45) is 3.82. The summed E-state index contributed by atoms with van der Waals surface area (Å²) in [7, 11) is 0. The lowest BCUT2D eigenvalue weighted by Crippen LogP contribution is -2.46. The Hall–Kier alpha value is -4.86. The molecule has 218 valence electrons. The Labute approximate surface area is 247 Å². The Morgan fingerprint density at radius 2 is 0.976 bits per heavy atom. The zero-order valence-electron chi connectivity index (χ0n) is 24.3. The van der Waals surface area contributed by atoms with Gasteiger partial charge in [-0.25, -0.2) is 9.97 Å².